The summed E-state index contributed by atoms with van der Waals surface area (Å²) >= 11 is 6.46. The van der Waals surface area contributed by atoms with Gasteiger partial charge in [-0.2, -0.15) is 0 Å². The molecule has 1 fully saturated rings. The Morgan fingerprint density at radius 3 is 2.62 bits per heavy atom. The number of ether oxygens (including phenoxy) is 2. The number of hydrogen-bond acceptors (Lipinski definition) is 5. The van der Waals surface area contributed by atoms with Gasteiger partial charge in [-0.05, 0) is 66.8 Å². The second-order valence-corrected chi connectivity index (χ2v) is 9.57. The molecule has 1 saturated carbocycles. The van der Waals surface area contributed by atoms with Crippen LogP contribution in [0.4, 0.5) is 5.69 Å². The Labute approximate surface area is 192 Å². The molecule has 1 aliphatic heterocycles. The van der Waals surface area contributed by atoms with Crippen LogP contribution in [-0.2, 0) is 11.3 Å². The molecule has 8 heteroatoms. The van der Waals surface area contributed by atoms with Gasteiger partial charge < -0.3 is 25.4 Å². The number of amides is 2. The van der Waals surface area contributed by atoms with Crippen molar-refractivity contribution < 1.29 is 19.1 Å². The quantitative estimate of drug-likeness (QED) is 0.623. The van der Waals surface area contributed by atoms with Gasteiger partial charge in [0.2, 0.25) is 12.7 Å². The molecule has 32 heavy (non-hydrogen) atoms. The van der Waals surface area contributed by atoms with Gasteiger partial charge in [0.1, 0.15) is 0 Å². The number of rotatable bonds is 8. The smallest absolute Gasteiger partial charge is 0.255 e. The van der Waals surface area contributed by atoms with Crippen LogP contribution in [0.25, 0.3) is 0 Å². The molecule has 0 saturated heterocycles. The zero-order valence-electron chi connectivity index (χ0n) is 18.3. The highest BCUT2D eigenvalue weighted by Crippen LogP contribution is 2.34. The second-order valence-electron chi connectivity index (χ2n) is 9.17. The van der Waals surface area contributed by atoms with Crippen LogP contribution in [0.15, 0.2) is 36.4 Å². The maximum atomic E-state index is 12.9. The van der Waals surface area contributed by atoms with E-state index in [1.807, 2.05) is 24.8 Å². The maximum absolute atomic E-state index is 12.9. The summed E-state index contributed by atoms with van der Waals surface area (Å²) in [7, 11) is 0. The number of fused-ring (bicyclic) bond motifs is 1. The molecule has 3 N–H and O–H groups in total. The highest BCUT2D eigenvalue weighted by Gasteiger charge is 2.35. The first-order valence-corrected chi connectivity index (χ1v) is 11.1. The second kappa shape index (κ2) is 9.00. The molecule has 2 aromatic rings. The summed E-state index contributed by atoms with van der Waals surface area (Å²) in [6.45, 7) is 5.63. The number of carbonyl (C=O) groups is 2. The van der Waals surface area contributed by atoms with Gasteiger partial charge in [-0.25, -0.2) is 0 Å². The Balaban J connectivity index is 1.51. The summed E-state index contributed by atoms with van der Waals surface area (Å²) in [5.41, 5.74) is 7.54. The van der Waals surface area contributed by atoms with Crippen molar-refractivity contribution in [3.63, 3.8) is 0 Å². The number of halogens is 1. The number of nitrogens with zero attached hydrogens (tertiary/aromatic N) is 1. The summed E-state index contributed by atoms with van der Waals surface area (Å²) in [6, 6.07) is 10.3. The van der Waals surface area contributed by atoms with Crippen LogP contribution < -0.4 is 20.5 Å². The minimum atomic E-state index is -0.272. The first-order valence-electron chi connectivity index (χ1n) is 10.7. The van der Waals surface area contributed by atoms with Crippen molar-refractivity contribution in [3.05, 3.63) is 52.5 Å². The van der Waals surface area contributed by atoms with Crippen LogP contribution in [0.3, 0.4) is 0 Å². The minimum absolute atomic E-state index is 0.0937. The molecule has 2 aliphatic rings. The van der Waals surface area contributed by atoms with Crippen molar-refractivity contribution in [2.45, 2.75) is 33.2 Å². The van der Waals surface area contributed by atoms with E-state index < -0.39 is 0 Å². The third kappa shape index (κ3) is 5.16. The normalized spacial score (nSPS) is 14.9. The van der Waals surface area contributed by atoms with Crippen molar-refractivity contribution in [2.75, 3.05) is 25.2 Å². The molecule has 2 amide bonds. The van der Waals surface area contributed by atoms with Crippen molar-refractivity contribution in [3.8, 4) is 11.5 Å². The van der Waals surface area contributed by atoms with Gasteiger partial charge in [-0.15, -0.1) is 0 Å². The number of nitrogens with one attached hydrogen (secondary N) is 1. The minimum Gasteiger partial charge on any atom is -0.454 e. The van der Waals surface area contributed by atoms with Crippen LogP contribution in [0.1, 0.15) is 42.6 Å². The Bertz CT molecular complexity index is 1040. The lowest BCUT2D eigenvalue weighted by Gasteiger charge is -2.32. The van der Waals surface area contributed by atoms with Gasteiger partial charge >= 0.3 is 0 Å². The molecule has 0 atom stereocenters. The molecule has 1 heterocycles. The molecule has 2 aromatic carbocycles. The summed E-state index contributed by atoms with van der Waals surface area (Å²) in [5, 5.41) is 3.44. The number of carbonyl (C=O) groups excluding carboxylic acids is 2. The van der Waals surface area contributed by atoms with Crippen LogP contribution in [0.2, 0.25) is 5.02 Å². The van der Waals surface area contributed by atoms with E-state index in [4.69, 9.17) is 26.8 Å². The molecule has 4 rings (SSSR count). The fourth-order valence-electron chi connectivity index (χ4n) is 3.60. The van der Waals surface area contributed by atoms with Crippen LogP contribution in [-0.4, -0.2) is 36.6 Å². The van der Waals surface area contributed by atoms with Gasteiger partial charge in [0.25, 0.3) is 5.91 Å². The predicted molar refractivity (Wildman–Crippen MR) is 123 cm³/mol. The van der Waals surface area contributed by atoms with E-state index in [2.05, 4.69) is 5.32 Å². The van der Waals surface area contributed by atoms with E-state index in [-0.39, 0.29) is 29.9 Å². The molecule has 1 aliphatic carbocycles. The summed E-state index contributed by atoms with van der Waals surface area (Å²) in [5.74, 6) is 1.13. The van der Waals surface area contributed by atoms with Crippen LogP contribution >= 0.6 is 11.6 Å². The Morgan fingerprint density at radius 2 is 1.91 bits per heavy atom. The third-order valence-corrected chi connectivity index (χ3v) is 6.08. The number of benzene rings is 2. The van der Waals surface area contributed by atoms with Crippen molar-refractivity contribution in [1.29, 1.82) is 0 Å². The number of hydrogen-bond donors (Lipinski definition) is 2. The Hall–Kier alpha value is -2.77. The van der Waals surface area contributed by atoms with Gasteiger partial charge in [0.15, 0.2) is 11.5 Å². The predicted octanol–water partition coefficient (Wildman–Crippen LogP) is 4.04. The van der Waals surface area contributed by atoms with E-state index in [0.29, 0.717) is 47.4 Å². The monoisotopic (exact) mass is 457 g/mol. The van der Waals surface area contributed by atoms with Gasteiger partial charge in [0.05, 0.1) is 0 Å². The van der Waals surface area contributed by atoms with Gasteiger partial charge in [-0.3, -0.25) is 9.59 Å². The van der Waals surface area contributed by atoms with Gasteiger partial charge in [-0.1, -0.05) is 25.4 Å². The molecule has 170 valence electrons. The first-order chi connectivity index (χ1) is 15.3. The zero-order chi connectivity index (χ0) is 22.9. The molecule has 0 spiro atoms. The van der Waals surface area contributed by atoms with E-state index >= 15 is 0 Å². The Kier molecular flexibility index (Phi) is 6.31. The number of nitrogens with two attached hydrogens (primary N) is 1. The van der Waals surface area contributed by atoms with Gasteiger partial charge in [0, 0.05) is 35.3 Å². The maximum Gasteiger partial charge on any atom is 0.255 e. The van der Waals surface area contributed by atoms with E-state index in [9.17, 15) is 9.59 Å². The fourth-order valence-corrected chi connectivity index (χ4v) is 3.78. The van der Waals surface area contributed by atoms with Crippen molar-refractivity contribution in [2.24, 2.45) is 17.1 Å². The summed E-state index contributed by atoms with van der Waals surface area (Å²) in [4.78, 5) is 27.5. The van der Waals surface area contributed by atoms with E-state index in [0.717, 1.165) is 18.4 Å². The first kappa shape index (κ1) is 22.4. The van der Waals surface area contributed by atoms with E-state index in [1.165, 1.54) is 0 Å². The molecule has 0 aromatic heterocycles. The Morgan fingerprint density at radius 1 is 1.16 bits per heavy atom. The van der Waals surface area contributed by atoms with Crippen molar-refractivity contribution >= 4 is 29.1 Å². The lowest BCUT2D eigenvalue weighted by atomic mass is 9.92. The average molecular weight is 458 g/mol. The molecule has 0 bridgehead atoms. The largest absolute Gasteiger partial charge is 0.454 e. The van der Waals surface area contributed by atoms with Crippen LogP contribution in [0, 0.1) is 11.3 Å². The van der Waals surface area contributed by atoms with Crippen LogP contribution in [0.5, 0.6) is 11.5 Å². The molecular formula is C24H28ClN3O4. The fraction of sp³-hybridized carbons (Fsp3) is 0.417. The third-order valence-electron chi connectivity index (χ3n) is 5.71. The van der Waals surface area contributed by atoms with Crippen molar-refractivity contribution in [1.82, 2.24) is 4.90 Å². The lowest BCUT2D eigenvalue weighted by Crippen LogP contribution is -2.42. The molecule has 7 nitrogen and oxygen atoms in total. The average Bonchev–Trinajstić information content (AvgIpc) is 3.51. The summed E-state index contributed by atoms with van der Waals surface area (Å²) in [6.07, 6.45) is 1.86. The SMILES string of the molecule is CC(C)(CN)CN(Cc1cc(NC(=O)c2ccc3c(c2)OCO3)ccc1Cl)C(=O)C1CC1. The topological polar surface area (TPSA) is 93.9 Å². The highest BCUT2D eigenvalue weighted by atomic mass is 35.5. The molecule has 0 radical (unpaired) electrons. The highest BCUT2D eigenvalue weighted by molar-refractivity contribution is 6.31. The number of anilines is 1. The standard InChI is InChI=1S/C24H28ClN3O4/c1-24(2,12-26)13-28(23(30)15-3-4-15)11-17-9-18(6-7-19(17)25)27-22(29)16-5-8-20-21(10-16)32-14-31-20/h5-10,15H,3-4,11-14,26H2,1-2H3,(H,27,29). The summed E-state index contributed by atoms with van der Waals surface area (Å²) < 4.78 is 10.6. The molecular weight excluding hydrogens is 430 g/mol. The zero-order valence-corrected chi connectivity index (χ0v) is 19.1. The molecule has 0 unspecified atom stereocenters. The van der Waals surface area contributed by atoms with E-state index in [1.54, 1.807) is 30.3 Å². The lowest BCUT2D eigenvalue weighted by molar-refractivity contribution is -0.134.